The molecule has 3 atom stereocenters. The lowest BCUT2D eigenvalue weighted by Crippen LogP contribution is -2.04. The third-order valence-electron chi connectivity index (χ3n) is 6.64. The zero-order valence-corrected chi connectivity index (χ0v) is 15.9. The van der Waals surface area contributed by atoms with Crippen LogP contribution < -0.4 is 0 Å². The average Bonchev–Trinajstić information content (AvgIpc) is 3.10. The highest BCUT2D eigenvalue weighted by Crippen LogP contribution is 2.60. The van der Waals surface area contributed by atoms with Gasteiger partial charge < -0.3 is 5.11 Å². The van der Waals surface area contributed by atoms with Crippen LogP contribution in [0.4, 0.5) is 0 Å². The summed E-state index contributed by atoms with van der Waals surface area (Å²) in [6.45, 7) is 0. The average molecular weight is 386 g/mol. The van der Waals surface area contributed by atoms with Gasteiger partial charge in [-0.3, -0.25) is 5.10 Å². The molecule has 2 N–H and O–H groups in total. The van der Waals surface area contributed by atoms with Gasteiger partial charge in [-0.25, -0.2) is 14.6 Å². The van der Waals surface area contributed by atoms with E-state index >= 15 is 0 Å². The number of aliphatic hydroxyl groups excluding tert-OH is 1. The number of nitrogens with one attached hydrogen (secondary N) is 1. The summed E-state index contributed by atoms with van der Waals surface area (Å²) < 4.78 is 1.82. The molecule has 0 radical (unpaired) electrons. The molecule has 2 fully saturated rings. The predicted octanol–water partition coefficient (Wildman–Crippen LogP) is 3.68. The van der Waals surface area contributed by atoms with Crippen molar-refractivity contribution in [1.82, 2.24) is 29.9 Å². The molecule has 4 aromatic rings. The number of aromatic amines is 1. The van der Waals surface area contributed by atoms with Gasteiger partial charge in [0.05, 0.1) is 18.0 Å². The fourth-order valence-corrected chi connectivity index (χ4v) is 5.16. The molecule has 0 bridgehead atoms. The van der Waals surface area contributed by atoms with Crippen LogP contribution in [0.3, 0.4) is 0 Å². The van der Waals surface area contributed by atoms with Crippen LogP contribution in [0.15, 0.2) is 49.1 Å². The summed E-state index contributed by atoms with van der Waals surface area (Å²) in [6, 6.07) is 9.99. The lowest BCUT2D eigenvalue weighted by molar-refractivity contribution is 0.142. The Morgan fingerprint density at radius 1 is 1.07 bits per heavy atom. The number of aliphatic hydroxyl groups is 1. The smallest absolute Gasteiger partial charge is 0.162 e. The van der Waals surface area contributed by atoms with E-state index in [9.17, 15) is 5.11 Å². The number of aromatic nitrogens is 6. The first kappa shape index (κ1) is 16.9. The van der Waals surface area contributed by atoms with E-state index in [1.807, 2.05) is 47.4 Å². The molecule has 3 heterocycles. The molecule has 0 aliphatic heterocycles. The fourth-order valence-electron chi connectivity index (χ4n) is 5.16. The second-order valence-corrected chi connectivity index (χ2v) is 8.26. The molecule has 0 saturated heterocycles. The molecule has 2 unspecified atom stereocenters. The van der Waals surface area contributed by atoms with E-state index in [0.29, 0.717) is 23.6 Å². The van der Waals surface area contributed by atoms with Crippen LogP contribution in [0.2, 0.25) is 0 Å². The number of hydrogen-bond donors (Lipinski definition) is 2. The van der Waals surface area contributed by atoms with Crippen molar-refractivity contribution in [2.45, 2.75) is 31.8 Å². The predicted molar refractivity (Wildman–Crippen MR) is 108 cm³/mol. The van der Waals surface area contributed by atoms with Gasteiger partial charge in [0.2, 0.25) is 0 Å². The monoisotopic (exact) mass is 386 g/mol. The summed E-state index contributed by atoms with van der Waals surface area (Å²) in [6.07, 6.45) is 9.86. The van der Waals surface area contributed by atoms with E-state index in [1.165, 1.54) is 32.0 Å². The molecule has 1 aromatic carbocycles. The largest absolute Gasteiger partial charge is 0.388 e. The van der Waals surface area contributed by atoms with E-state index < -0.39 is 6.10 Å². The van der Waals surface area contributed by atoms with Crippen LogP contribution in [0.5, 0.6) is 0 Å². The van der Waals surface area contributed by atoms with Crippen LogP contribution >= 0.6 is 0 Å². The van der Waals surface area contributed by atoms with Crippen molar-refractivity contribution < 1.29 is 5.11 Å². The Kier molecular flexibility index (Phi) is 3.77. The normalized spacial score (nSPS) is 24.4. The lowest BCUT2D eigenvalue weighted by atomic mass is 10.0. The van der Waals surface area contributed by atoms with E-state index in [2.05, 4.69) is 25.3 Å². The van der Waals surface area contributed by atoms with Crippen molar-refractivity contribution in [2.75, 3.05) is 0 Å². The molecule has 2 aliphatic rings. The number of fused-ring (bicyclic) bond motifs is 2. The van der Waals surface area contributed by atoms with Crippen molar-refractivity contribution in [3.63, 3.8) is 0 Å². The molecule has 3 aromatic heterocycles. The van der Waals surface area contributed by atoms with Crippen molar-refractivity contribution >= 4 is 11.0 Å². The number of benzene rings is 1. The summed E-state index contributed by atoms with van der Waals surface area (Å²) in [4.78, 5) is 8.88. The second-order valence-electron chi connectivity index (χ2n) is 8.26. The Hall–Kier alpha value is -3.06. The van der Waals surface area contributed by atoms with E-state index in [-0.39, 0.29) is 0 Å². The first-order valence-electron chi connectivity index (χ1n) is 10.3. The molecule has 2 aliphatic carbocycles. The molecule has 2 saturated carbocycles. The zero-order chi connectivity index (χ0) is 19.4. The van der Waals surface area contributed by atoms with Crippen molar-refractivity contribution in [3.8, 4) is 17.1 Å². The van der Waals surface area contributed by atoms with Gasteiger partial charge in [-0.2, -0.15) is 10.2 Å². The number of rotatable bonds is 4. The summed E-state index contributed by atoms with van der Waals surface area (Å²) in [5.41, 5.74) is 3.53. The first-order valence-corrected chi connectivity index (χ1v) is 10.3. The van der Waals surface area contributed by atoms with Crippen molar-refractivity contribution in [3.05, 3.63) is 54.6 Å². The highest BCUT2D eigenvalue weighted by atomic mass is 16.3. The maximum absolute atomic E-state index is 10.9. The van der Waals surface area contributed by atoms with Gasteiger partial charge >= 0.3 is 0 Å². The summed E-state index contributed by atoms with van der Waals surface area (Å²) in [5, 5.41) is 23.2. The van der Waals surface area contributed by atoms with Gasteiger partial charge in [-0.05, 0) is 54.4 Å². The van der Waals surface area contributed by atoms with Crippen LogP contribution in [-0.4, -0.2) is 35.1 Å². The Morgan fingerprint density at radius 2 is 1.93 bits per heavy atom. The quantitative estimate of drug-likeness (QED) is 0.558. The van der Waals surface area contributed by atoms with Crippen LogP contribution in [0.25, 0.3) is 28.1 Å². The molecule has 146 valence electrons. The molecular weight excluding hydrogens is 364 g/mol. The zero-order valence-electron chi connectivity index (χ0n) is 15.9. The molecule has 29 heavy (non-hydrogen) atoms. The molecular formula is C22H22N6O. The fraction of sp³-hybridized carbons (Fsp3) is 0.364. The Bertz CT molecular complexity index is 1160. The summed E-state index contributed by atoms with van der Waals surface area (Å²) in [5.74, 6) is 2.53. The Balaban J connectivity index is 1.32. The maximum Gasteiger partial charge on any atom is 0.162 e. The van der Waals surface area contributed by atoms with Gasteiger partial charge in [0.15, 0.2) is 11.5 Å². The Morgan fingerprint density at radius 3 is 2.72 bits per heavy atom. The first-order chi connectivity index (χ1) is 14.3. The van der Waals surface area contributed by atoms with Gasteiger partial charge in [-0.15, -0.1) is 0 Å². The molecule has 6 rings (SSSR count). The number of hydrogen-bond acceptors (Lipinski definition) is 5. The molecule has 7 nitrogen and oxygen atoms in total. The van der Waals surface area contributed by atoms with Crippen LogP contribution in [0, 0.1) is 17.8 Å². The molecule has 0 amide bonds. The van der Waals surface area contributed by atoms with Gasteiger partial charge in [0.25, 0.3) is 0 Å². The topological polar surface area (TPSA) is 92.5 Å². The van der Waals surface area contributed by atoms with Gasteiger partial charge in [-0.1, -0.05) is 25.0 Å². The summed E-state index contributed by atoms with van der Waals surface area (Å²) >= 11 is 0. The molecule has 0 spiro atoms. The van der Waals surface area contributed by atoms with Crippen LogP contribution in [-0.2, 0) is 0 Å². The highest BCUT2D eigenvalue weighted by Gasteiger charge is 2.54. The van der Waals surface area contributed by atoms with Crippen molar-refractivity contribution in [2.24, 2.45) is 17.8 Å². The third kappa shape index (κ3) is 2.76. The minimum Gasteiger partial charge on any atom is -0.388 e. The van der Waals surface area contributed by atoms with Crippen molar-refractivity contribution in [1.29, 1.82) is 0 Å². The summed E-state index contributed by atoms with van der Waals surface area (Å²) in [7, 11) is 0. The maximum atomic E-state index is 10.9. The van der Waals surface area contributed by atoms with E-state index in [0.717, 1.165) is 27.8 Å². The number of nitrogens with zero attached hydrogens (tertiary/aromatic N) is 5. The third-order valence-corrected chi connectivity index (χ3v) is 6.64. The number of pyridine rings is 1. The van der Waals surface area contributed by atoms with E-state index in [1.54, 1.807) is 0 Å². The SMILES string of the molecule is O[C@H](c1cnc2c(cnn2-c2cccc(-c3ncn[nH]3)c2)c1)C1C2CCCCC21. The highest BCUT2D eigenvalue weighted by molar-refractivity contribution is 5.77. The lowest BCUT2D eigenvalue weighted by Gasteiger charge is -2.11. The number of H-pyrrole nitrogens is 1. The van der Waals surface area contributed by atoms with Gasteiger partial charge in [0.1, 0.15) is 6.33 Å². The minimum absolute atomic E-state index is 0.408. The minimum atomic E-state index is -0.418. The van der Waals surface area contributed by atoms with E-state index in [4.69, 9.17) is 0 Å². The molecule has 7 heteroatoms. The van der Waals surface area contributed by atoms with Crippen LogP contribution in [0.1, 0.15) is 37.4 Å². The second kappa shape index (κ2) is 6.49. The van der Waals surface area contributed by atoms with Gasteiger partial charge in [0, 0.05) is 17.1 Å². The Labute approximate surface area is 167 Å². The standard InChI is InChI=1S/C22H22N6O/c29-20(19-17-6-1-2-7-18(17)19)14-8-15-11-26-28(22(15)23-10-14)16-5-3-4-13(9-16)21-24-12-25-27-21/h3-5,8-12,17-20,29H,1-2,6-7H2,(H,24,25,27)/t17?,18?,19?,20-/m1/s1.